The van der Waals surface area contributed by atoms with E-state index in [0.29, 0.717) is 11.7 Å². The monoisotopic (exact) mass is 222 g/mol. The van der Waals surface area contributed by atoms with E-state index in [1.807, 2.05) is 17.5 Å². The van der Waals surface area contributed by atoms with Gasteiger partial charge in [0.1, 0.15) is 5.78 Å². The topological polar surface area (TPSA) is 56.0 Å². The lowest BCUT2D eigenvalue weighted by molar-refractivity contribution is -0.118. The highest BCUT2D eigenvalue weighted by atomic mass is 32.1. The van der Waals surface area contributed by atoms with Crippen LogP contribution in [0.4, 0.5) is 0 Å². The Kier molecular flexibility index (Phi) is 2.64. The molecule has 1 unspecified atom stereocenters. The maximum atomic E-state index is 11.1. The molecule has 0 saturated carbocycles. The van der Waals surface area contributed by atoms with Gasteiger partial charge in [-0.1, -0.05) is 11.2 Å². The van der Waals surface area contributed by atoms with Crippen LogP contribution in [0.3, 0.4) is 0 Å². The van der Waals surface area contributed by atoms with Gasteiger partial charge in [0, 0.05) is 0 Å². The minimum absolute atomic E-state index is 0.0244. The van der Waals surface area contributed by atoms with Gasteiger partial charge in [0.05, 0.1) is 10.8 Å². The number of aromatic nitrogens is 2. The van der Waals surface area contributed by atoms with Crippen molar-refractivity contribution >= 4 is 17.1 Å². The van der Waals surface area contributed by atoms with Gasteiger partial charge in [-0.25, -0.2) is 0 Å². The third-order valence-corrected chi connectivity index (χ3v) is 3.03. The van der Waals surface area contributed by atoms with E-state index >= 15 is 0 Å². The highest BCUT2D eigenvalue weighted by molar-refractivity contribution is 7.13. The van der Waals surface area contributed by atoms with Crippen molar-refractivity contribution in [1.82, 2.24) is 10.1 Å². The highest BCUT2D eigenvalue weighted by Crippen LogP contribution is 2.23. The van der Waals surface area contributed by atoms with E-state index < -0.39 is 0 Å². The van der Waals surface area contributed by atoms with Gasteiger partial charge < -0.3 is 4.52 Å². The minimum atomic E-state index is -0.328. The second kappa shape index (κ2) is 3.94. The van der Waals surface area contributed by atoms with Crippen molar-refractivity contribution in [2.75, 3.05) is 0 Å². The molecule has 0 amide bonds. The first-order valence-corrected chi connectivity index (χ1v) is 5.44. The fourth-order valence-corrected chi connectivity index (χ4v) is 1.74. The average molecular weight is 222 g/mol. The number of thiophene rings is 1. The molecule has 0 radical (unpaired) electrons. The number of hydrogen-bond donors (Lipinski definition) is 0. The van der Waals surface area contributed by atoms with Crippen LogP contribution in [-0.2, 0) is 4.79 Å². The molecule has 2 aromatic heterocycles. The van der Waals surface area contributed by atoms with Gasteiger partial charge in [-0.15, -0.1) is 11.3 Å². The summed E-state index contributed by atoms with van der Waals surface area (Å²) >= 11 is 1.54. The number of nitrogens with zero attached hydrogens (tertiary/aromatic N) is 2. The van der Waals surface area contributed by atoms with Crippen molar-refractivity contribution in [3.05, 3.63) is 23.4 Å². The molecule has 1 atom stereocenters. The van der Waals surface area contributed by atoms with Crippen LogP contribution < -0.4 is 0 Å². The number of carbonyl (C=O) groups is 1. The number of Topliss-reactive ketones (excluding diaryl/α,β-unsaturated/α-hetero) is 1. The van der Waals surface area contributed by atoms with E-state index in [4.69, 9.17) is 4.52 Å². The Labute approximate surface area is 90.9 Å². The van der Waals surface area contributed by atoms with Crippen LogP contribution >= 0.6 is 11.3 Å². The molecule has 15 heavy (non-hydrogen) atoms. The fraction of sp³-hybridized carbons (Fsp3) is 0.300. The quantitative estimate of drug-likeness (QED) is 0.800. The maximum absolute atomic E-state index is 11.1. The average Bonchev–Trinajstić information content (AvgIpc) is 2.86. The van der Waals surface area contributed by atoms with E-state index in [1.54, 1.807) is 6.92 Å². The zero-order valence-electron chi connectivity index (χ0n) is 8.43. The molecular weight excluding hydrogens is 212 g/mol. The van der Waals surface area contributed by atoms with Gasteiger partial charge in [-0.2, -0.15) is 4.98 Å². The molecule has 0 fully saturated rings. The molecule has 0 aromatic carbocycles. The molecule has 2 rings (SSSR count). The van der Waals surface area contributed by atoms with Crippen LogP contribution in [0.1, 0.15) is 25.7 Å². The zero-order chi connectivity index (χ0) is 10.8. The van der Waals surface area contributed by atoms with Gasteiger partial charge in [0.15, 0.2) is 0 Å². The summed E-state index contributed by atoms with van der Waals surface area (Å²) in [6.45, 7) is 3.27. The van der Waals surface area contributed by atoms with Crippen molar-refractivity contribution in [1.29, 1.82) is 0 Å². The summed E-state index contributed by atoms with van der Waals surface area (Å²) in [4.78, 5) is 16.2. The van der Waals surface area contributed by atoms with Crippen molar-refractivity contribution in [3.63, 3.8) is 0 Å². The highest BCUT2D eigenvalue weighted by Gasteiger charge is 2.18. The summed E-state index contributed by atoms with van der Waals surface area (Å²) in [5.74, 6) is 0.626. The Balaban J connectivity index is 2.28. The van der Waals surface area contributed by atoms with E-state index in [0.717, 1.165) is 4.88 Å². The first kappa shape index (κ1) is 10.0. The van der Waals surface area contributed by atoms with Crippen LogP contribution in [-0.4, -0.2) is 15.9 Å². The molecule has 0 saturated heterocycles. The van der Waals surface area contributed by atoms with E-state index in [1.165, 1.54) is 18.3 Å². The van der Waals surface area contributed by atoms with E-state index in [-0.39, 0.29) is 11.7 Å². The molecule has 0 aliphatic rings. The predicted molar refractivity (Wildman–Crippen MR) is 56.7 cm³/mol. The Morgan fingerprint density at radius 2 is 2.40 bits per heavy atom. The molecular formula is C10H10N2O2S. The second-order valence-electron chi connectivity index (χ2n) is 3.27. The standard InChI is InChI=1S/C10H10N2O2S/c1-6(7(2)13)10-11-9(12-14-10)8-4-3-5-15-8/h3-6H,1-2H3. The van der Waals surface area contributed by atoms with Crippen molar-refractivity contribution in [3.8, 4) is 10.7 Å². The third kappa shape index (κ3) is 1.97. The van der Waals surface area contributed by atoms with Crippen LogP contribution in [0.15, 0.2) is 22.0 Å². The summed E-state index contributed by atoms with van der Waals surface area (Å²) in [5, 5.41) is 5.78. The number of ketones is 1. The molecule has 2 aromatic rings. The van der Waals surface area contributed by atoms with Crippen LogP contribution in [0.2, 0.25) is 0 Å². The molecule has 0 N–H and O–H groups in total. The first-order valence-electron chi connectivity index (χ1n) is 4.56. The Morgan fingerprint density at radius 3 is 3.00 bits per heavy atom. The zero-order valence-corrected chi connectivity index (χ0v) is 9.25. The number of rotatable bonds is 3. The van der Waals surface area contributed by atoms with E-state index in [9.17, 15) is 4.79 Å². The van der Waals surface area contributed by atoms with Crippen LogP contribution in [0.5, 0.6) is 0 Å². The normalized spacial score (nSPS) is 12.7. The summed E-state index contributed by atoms with van der Waals surface area (Å²) in [7, 11) is 0. The number of carbonyl (C=O) groups excluding carboxylic acids is 1. The smallest absolute Gasteiger partial charge is 0.237 e. The van der Waals surface area contributed by atoms with Crippen LogP contribution in [0.25, 0.3) is 10.7 Å². The Hall–Kier alpha value is -1.49. The third-order valence-electron chi connectivity index (χ3n) is 2.16. The fourth-order valence-electron chi connectivity index (χ4n) is 1.09. The lowest BCUT2D eigenvalue weighted by Gasteiger charge is -1.97. The van der Waals surface area contributed by atoms with Gasteiger partial charge in [-0.05, 0) is 25.3 Å². The number of hydrogen-bond acceptors (Lipinski definition) is 5. The van der Waals surface area contributed by atoms with Crippen molar-refractivity contribution in [2.24, 2.45) is 0 Å². The van der Waals surface area contributed by atoms with Crippen molar-refractivity contribution in [2.45, 2.75) is 19.8 Å². The molecule has 5 heteroatoms. The molecule has 0 aliphatic heterocycles. The van der Waals surface area contributed by atoms with Gasteiger partial charge >= 0.3 is 0 Å². The van der Waals surface area contributed by atoms with Crippen molar-refractivity contribution < 1.29 is 9.32 Å². The summed E-state index contributed by atoms with van der Waals surface area (Å²) in [5.41, 5.74) is 0. The SMILES string of the molecule is CC(=O)C(C)c1nc(-c2cccs2)no1. The molecule has 0 spiro atoms. The second-order valence-corrected chi connectivity index (χ2v) is 4.21. The minimum Gasteiger partial charge on any atom is -0.338 e. The lowest BCUT2D eigenvalue weighted by atomic mass is 10.1. The summed E-state index contributed by atoms with van der Waals surface area (Å²) in [6, 6.07) is 3.84. The largest absolute Gasteiger partial charge is 0.338 e. The van der Waals surface area contributed by atoms with Gasteiger partial charge in [0.25, 0.3) is 0 Å². The Bertz CT molecular complexity index is 461. The van der Waals surface area contributed by atoms with Crippen LogP contribution in [0, 0.1) is 0 Å². The summed E-state index contributed by atoms with van der Waals surface area (Å²) in [6.07, 6.45) is 0. The molecule has 4 nitrogen and oxygen atoms in total. The van der Waals surface area contributed by atoms with Gasteiger partial charge in [0.2, 0.25) is 11.7 Å². The van der Waals surface area contributed by atoms with E-state index in [2.05, 4.69) is 10.1 Å². The molecule has 2 heterocycles. The first-order chi connectivity index (χ1) is 7.18. The lowest BCUT2D eigenvalue weighted by Crippen LogP contribution is -2.04. The maximum Gasteiger partial charge on any atom is 0.237 e. The predicted octanol–water partition coefficient (Wildman–Crippen LogP) is 2.49. The molecule has 0 aliphatic carbocycles. The summed E-state index contributed by atoms with van der Waals surface area (Å²) < 4.78 is 5.04. The molecule has 78 valence electrons. The van der Waals surface area contributed by atoms with Gasteiger partial charge in [-0.3, -0.25) is 4.79 Å². The molecule has 0 bridgehead atoms. The Morgan fingerprint density at radius 1 is 1.60 bits per heavy atom.